The molecule has 4 heterocycles. The second kappa shape index (κ2) is 9.73. The fourth-order valence-corrected chi connectivity index (χ4v) is 8.88. The molecule has 6 aromatic rings. The van der Waals surface area contributed by atoms with Gasteiger partial charge in [-0.15, -0.1) is 22.7 Å². The Kier molecular flexibility index (Phi) is 6.14. The largest absolute Gasteiger partial charge is 0.416 e. The first-order valence-electron chi connectivity index (χ1n) is 14.1. The van der Waals surface area contributed by atoms with Gasteiger partial charge >= 0.3 is 12.4 Å². The van der Waals surface area contributed by atoms with Crippen LogP contribution in [0.3, 0.4) is 0 Å². The third-order valence-corrected chi connectivity index (χ3v) is 10.9. The minimum Gasteiger partial charge on any atom is -0.340 e. The molecule has 0 bridgehead atoms. The van der Waals surface area contributed by atoms with Crippen LogP contribution in [-0.4, -0.2) is 32.3 Å². The van der Waals surface area contributed by atoms with Crippen molar-refractivity contribution in [3.8, 4) is 0 Å². The lowest BCUT2D eigenvalue weighted by atomic mass is 10.0. The van der Waals surface area contributed by atoms with Crippen molar-refractivity contribution in [2.24, 2.45) is 14.1 Å². The lowest BCUT2D eigenvalue weighted by Crippen LogP contribution is -2.08. The SMILES string of the molecule is Cn1c2cc(/C=C3\C(=O)C(=O)c4cc(C(F)(F)F)ccc43)sc2c2c1c1sc(/C=C3\C(=O)C(=O)c4cc(C(F)(F)F)ccc43)cc1n2C. The zero-order valence-electron chi connectivity index (χ0n) is 24.4. The zero-order valence-corrected chi connectivity index (χ0v) is 26.0. The van der Waals surface area contributed by atoms with E-state index in [9.17, 15) is 45.5 Å². The van der Waals surface area contributed by atoms with Crippen LogP contribution in [0.5, 0.6) is 0 Å². The molecule has 0 spiro atoms. The van der Waals surface area contributed by atoms with Gasteiger partial charge in [0.1, 0.15) is 0 Å². The highest BCUT2D eigenvalue weighted by Gasteiger charge is 2.39. The number of rotatable bonds is 2. The normalized spacial score (nSPS) is 17.0. The fourth-order valence-electron chi connectivity index (χ4n) is 6.45. The van der Waals surface area contributed by atoms with Gasteiger partial charge in [0, 0.05) is 46.1 Å². The molecule has 0 unspecified atom stereocenters. The average molecular weight is 695 g/mol. The molecular formula is C34H16F6N2O4S2. The Balaban J connectivity index is 1.20. The number of benzene rings is 2. The molecule has 0 N–H and O–H groups in total. The standard InChI is InChI=1S/C34H16F6N2O4S2/c1-41-23-11-15(9-21-17-5-3-13(33(35,36)37)7-19(17)27(43)29(21)45)47-31(23)26-25(41)32-24(42(26)2)12-16(48-32)10-22-18-6-4-14(34(38,39)40)8-20(18)28(44)30(22)46/h3-12H,1-2H3/b21-9-,22-10-. The summed E-state index contributed by atoms with van der Waals surface area (Å²) in [5.41, 5.74) is 1.09. The number of Topliss-reactive ketones (excluding diaryl/α,β-unsaturated/α-hetero) is 4. The van der Waals surface area contributed by atoms with Crippen molar-refractivity contribution in [1.82, 2.24) is 9.13 Å². The lowest BCUT2D eigenvalue weighted by molar-refractivity contribution is -0.138. The molecule has 0 saturated carbocycles. The third kappa shape index (κ3) is 4.18. The van der Waals surface area contributed by atoms with E-state index >= 15 is 0 Å². The van der Waals surface area contributed by atoms with E-state index in [4.69, 9.17) is 0 Å². The summed E-state index contributed by atoms with van der Waals surface area (Å²) in [7, 11) is 3.69. The van der Waals surface area contributed by atoms with Crippen LogP contribution < -0.4 is 0 Å². The van der Waals surface area contributed by atoms with Crippen LogP contribution in [0.15, 0.2) is 48.5 Å². The molecule has 0 aliphatic heterocycles. The smallest absolute Gasteiger partial charge is 0.340 e. The van der Waals surface area contributed by atoms with Crippen LogP contribution in [0.2, 0.25) is 0 Å². The van der Waals surface area contributed by atoms with Gasteiger partial charge in [-0.25, -0.2) is 0 Å². The average Bonchev–Trinajstić information content (AvgIpc) is 3.83. The summed E-state index contributed by atoms with van der Waals surface area (Å²) >= 11 is 2.69. The van der Waals surface area contributed by atoms with Gasteiger partial charge in [-0.1, -0.05) is 12.1 Å². The summed E-state index contributed by atoms with van der Waals surface area (Å²) in [6.07, 6.45) is -6.29. The van der Waals surface area contributed by atoms with Crippen molar-refractivity contribution in [3.63, 3.8) is 0 Å². The number of halogens is 6. The highest BCUT2D eigenvalue weighted by atomic mass is 32.1. The number of carbonyl (C=O) groups excluding carboxylic acids is 4. The lowest BCUT2D eigenvalue weighted by Gasteiger charge is -2.07. The monoisotopic (exact) mass is 694 g/mol. The molecule has 2 aliphatic rings. The van der Waals surface area contributed by atoms with E-state index in [1.807, 2.05) is 35.4 Å². The molecule has 0 radical (unpaired) electrons. The van der Waals surface area contributed by atoms with E-state index in [0.29, 0.717) is 21.9 Å². The zero-order chi connectivity index (χ0) is 34.2. The summed E-state index contributed by atoms with van der Waals surface area (Å²) in [4.78, 5) is 52.0. The number of hydrogen-bond donors (Lipinski definition) is 0. The molecule has 6 nitrogen and oxygen atoms in total. The van der Waals surface area contributed by atoms with Crippen LogP contribution in [-0.2, 0) is 36.0 Å². The number of carbonyl (C=O) groups is 4. The van der Waals surface area contributed by atoms with Crippen molar-refractivity contribution in [2.45, 2.75) is 12.4 Å². The molecule has 48 heavy (non-hydrogen) atoms. The minimum absolute atomic E-state index is 0.0215. The number of alkyl halides is 6. The first kappa shape index (κ1) is 30.3. The fraction of sp³-hybridized carbons (Fsp3) is 0.118. The van der Waals surface area contributed by atoms with E-state index in [0.717, 1.165) is 55.7 Å². The third-order valence-electron chi connectivity index (χ3n) is 8.75. The van der Waals surface area contributed by atoms with Crippen molar-refractivity contribution in [1.29, 1.82) is 0 Å². The van der Waals surface area contributed by atoms with E-state index in [-0.39, 0.29) is 33.4 Å². The first-order valence-corrected chi connectivity index (χ1v) is 15.7. The van der Waals surface area contributed by atoms with Crippen LogP contribution in [0.1, 0.15) is 52.7 Å². The topological polar surface area (TPSA) is 78.1 Å². The van der Waals surface area contributed by atoms with Crippen LogP contribution in [0, 0.1) is 0 Å². The number of fused-ring (bicyclic) bond motifs is 7. The maximum atomic E-state index is 13.2. The molecule has 240 valence electrons. The highest BCUT2D eigenvalue weighted by molar-refractivity contribution is 7.22. The second-order valence-corrected chi connectivity index (χ2v) is 13.7. The highest BCUT2D eigenvalue weighted by Crippen LogP contribution is 2.45. The number of hydrogen-bond acceptors (Lipinski definition) is 6. The number of nitrogens with zero attached hydrogens (tertiary/aromatic N) is 2. The summed E-state index contributed by atoms with van der Waals surface area (Å²) < 4.78 is 85.0. The maximum absolute atomic E-state index is 13.2. The number of thiophene rings is 2. The van der Waals surface area contributed by atoms with E-state index < -0.39 is 46.6 Å². The van der Waals surface area contributed by atoms with Crippen LogP contribution in [0.25, 0.3) is 54.8 Å². The van der Waals surface area contributed by atoms with Gasteiger partial charge in [-0.3, -0.25) is 19.2 Å². The van der Waals surface area contributed by atoms with Crippen LogP contribution in [0.4, 0.5) is 26.3 Å². The molecule has 2 aromatic carbocycles. The number of aryl methyl sites for hydroxylation is 2. The number of allylic oxidation sites excluding steroid dienone is 2. The molecular weight excluding hydrogens is 679 g/mol. The molecule has 0 saturated heterocycles. The summed E-state index contributed by atoms with van der Waals surface area (Å²) in [6.45, 7) is 0. The van der Waals surface area contributed by atoms with Crippen molar-refractivity contribution >= 4 is 101 Å². The quantitative estimate of drug-likeness (QED) is 0.103. The Labute approximate surface area is 272 Å². The Hall–Kier alpha value is -5.08. The Morgan fingerprint density at radius 1 is 0.542 bits per heavy atom. The molecule has 4 aromatic heterocycles. The summed E-state index contributed by atoms with van der Waals surface area (Å²) in [6, 6.07) is 9.03. The van der Waals surface area contributed by atoms with Gasteiger partial charge in [-0.2, -0.15) is 26.3 Å². The van der Waals surface area contributed by atoms with Crippen molar-refractivity contribution in [3.05, 3.63) is 91.7 Å². The molecule has 0 fully saturated rings. The Bertz CT molecular complexity index is 2410. The molecule has 14 heteroatoms. The number of ketones is 4. The minimum atomic E-state index is -4.66. The van der Waals surface area contributed by atoms with Crippen LogP contribution >= 0.6 is 22.7 Å². The summed E-state index contributed by atoms with van der Waals surface area (Å²) in [5.74, 6) is -3.73. The van der Waals surface area contributed by atoms with E-state index in [1.54, 1.807) is 0 Å². The molecule has 0 amide bonds. The van der Waals surface area contributed by atoms with Crippen molar-refractivity contribution < 1.29 is 45.5 Å². The maximum Gasteiger partial charge on any atom is 0.416 e. The van der Waals surface area contributed by atoms with Gasteiger partial charge in [-0.05, 0) is 59.7 Å². The van der Waals surface area contributed by atoms with Gasteiger partial charge in [0.2, 0.25) is 23.1 Å². The summed E-state index contributed by atoms with van der Waals surface area (Å²) in [5, 5.41) is 0. The molecule has 0 atom stereocenters. The van der Waals surface area contributed by atoms with Gasteiger partial charge in [0.25, 0.3) is 0 Å². The van der Waals surface area contributed by atoms with Gasteiger partial charge < -0.3 is 9.13 Å². The molecule has 8 rings (SSSR count). The van der Waals surface area contributed by atoms with E-state index in [1.165, 1.54) is 34.8 Å². The predicted octanol–water partition coefficient (Wildman–Crippen LogP) is 8.60. The molecule has 2 aliphatic carbocycles. The second-order valence-electron chi connectivity index (χ2n) is 11.5. The predicted molar refractivity (Wildman–Crippen MR) is 170 cm³/mol. The number of aromatic nitrogens is 2. The Morgan fingerprint density at radius 3 is 1.27 bits per heavy atom. The first-order chi connectivity index (χ1) is 22.5. The van der Waals surface area contributed by atoms with Gasteiger partial charge in [0.05, 0.1) is 42.6 Å². The van der Waals surface area contributed by atoms with E-state index in [2.05, 4.69) is 0 Å². The van der Waals surface area contributed by atoms with Crippen molar-refractivity contribution in [2.75, 3.05) is 0 Å². The Morgan fingerprint density at radius 2 is 0.917 bits per heavy atom. The van der Waals surface area contributed by atoms with Gasteiger partial charge in [0.15, 0.2) is 0 Å².